The van der Waals surface area contributed by atoms with Gasteiger partial charge in [-0.25, -0.2) is 0 Å². The molecule has 44 valence electrons. The molecule has 0 aliphatic carbocycles. The fourth-order valence-electron chi connectivity index (χ4n) is 0.192. The van der Waals surface area contributed by atoms with Crippen molar-refractivity contribution >= 4 is 0 Å². The van der Waals surface area contributed by atoms with Gasteiger partial charge in [0, 0.05) is 7.11 Å². The van der Waals surface area contributed by atoms with E-state index in [1.54, 1.807) is 14.0 Å². The van der Waals surface area contributed by atoms with E-state index in [0.29, 0.717) is 0 Å². The van der Waals surface area contributed by atoms with Crippen LogP contribution in [0.3, 0.4) is 0 Å². The maximum Gasteiger partial charge on any atom is 0.0693 e. The Balaban J connectivity index is 2.83. The van der Waals surface area contributed by atoms with Crippen LogP contribution >= 0.6 is 0 Å². The van der Waals surface area contributed by atoms with Crippen LogP contribution in [0.2, 0.25) is 0 Å². The van der Waals surface area contributed by atoms with E-state index in [0.717, 1.165) is 0 Å². The van der Waals surface area contributed by atoms with E-state index in [1.165, 1.54) is 5.54 Å². The summed E-state index contributed by atoms with van der Waals surface area (Å²) in [5.74, 6) is 0. The lowest BCUT2D eigenvalue weighted by Crippen LogP contribution is -2.19. The Morgan fingerprint density at radius 3 is 2.57 bits per heavy atom. The lowest BCUT2D eigenvalue weighted by Gasteiger charge is -2.03. The van der Waals surface area contributed by atoms with Gasteiger partial charge in [0.25, 0.3) is 0 Å². The molecule has 0 radical (unpaired) electrons. The lowest BCUT2D eigenvalue weighted by molar-refractivity contribution is 0.0992. The molecule has 0 rings (SSSR count). The Kier molecular flexibility index (Phi) is 3.93. The van der Waals surface area contributed by atoms with Crippen LogP contribution in [0.25, 0.3) is 0 Å². The van der Waals surface area contributed by atoms with Gasteiger partial charge in [-0.3, -0.25) is 0 Å². The normalized spacial score (nSPS) is 14.1. The molecule has 0 aromatic carbocycles. The van der Waals surface area contributed by atoms with Gasteiger partial charge in [0.1, 0.15) is 0 Å². The highest BCUT2D eigenvalue weighted by Gasteiger charge is 1.94. The van der Waals surface area contributed by atoms with E-state index in [1.807, 2.05) is 0 Å². The largest absolute Gasteiger partial charge is 0.380 e. The zero-order valence-electron chi connectivity index (χ0n) is 4.57. The van der Waals surface area contributed by atoms with Crippen LogP contribution in [0.5, 0.6) is 0 Å². The van der Waals surface area contributed by atoms with Crippen LogP contribution in [0.1, 0.15) is 6.92 Å². The van der Waals surface area contributed by atoms with Gasteiger partial charge in [-0.15, -0.1) is 4.48 Å². The minimum atomic E-state index is -0.0370. The molecule has 1 atom stereocenters. The average Bonchev–Trinajstić information content (AvgIpc) is 1.68. The van der Waals surface area contributed by atoms with Crippen molar-refractivity contribution in [1.29, 1.82) is 0 Å². The minimum Gasteiger partial charge on any atom is -0.380 e. The van der Waals surface area contributed by atoms with Crippen LogP contribution in [-0.2, 0) is 4.74 Å². The van der Waals surface area contributed by atoms with Gasteiger partial charge in [-0.05, 0) is 6.92 Å². The molecule has 3 heteroatoms. The Bertz CT molecular complexity index is 42.7. The molecule has 0 bridgehead atoms. The van der Waals surface area contributed by atoms with Gasteiger partial charge in [-0.2, -0.15) is 5.54 Å². The first-order valence-corrected chi connectivity index (χ1v) is 2.17. The third kappa shape index (κ3) is 3.69. The highest BCUT2D eigenvalue weighted by atomic mass is 19.2. The topological polar surface area (TPSA) is 21.3 Å². The number of methoxy groups -OCH3 is 1. The number of halogens is 1. The third-order valence-electron chi connectivity index (χ3n) is 0.767. The van der Waals surface area contributed by atoms with E-state index >= 15 is 0 Å². The molecule has 0 aliphatic heterocycles. The van der Waals surface area contributed by atoms with Crippen LogP contribution in [0.4, 0.5) is 4.48 Å². The quantitative estimate of drug-likeness (QED) is 0.530. The average molecular weight is 107 g/mol. The second kappa shape index (κ2) is 4.02. The molecule has 1 N–H and O–H groups in total. The molecule has 0 fully saturated rings. The first-order chi connectivity index (χ1) is 3.31. The summed E-state index contributed by atoms with van der Waals surface area (Å²) in [6.45, 7) is 2.04. The smallest absolute Gasteiger partial charge is 0.0693 e. The molecule has 0 unspecified atom stereocenters. The summed E-state index contributed by atoms with van der Waals surface area (Å²) >= 11 is 0. The summed E-state index contributed by atoms with van der Waals surface area (Å²) in [5.41, 5.74) is 1.49. The van der Waals surface area contributed by atoms with E-state index in [9.17, 15) is 4.48 Å². The maximum atomic E-state index is 11.1. The third-order valence-corrected chi connectivity index (χ3v) is 0.767. The van der Waals surface area contributed by atoms with Gasteiger partial charge in [0.15, 0.2) is 0 Å². The highest BCUT2D eigenvalue weighted by Crippen LogP contribution is 1.81. The summed E-state index contributed by atoms with van der Waals surface area (Å²) in [5, 5.41) is 0. The van der Waals surface area contributed by atoms with Crippen molar-refractivity contribution < 1.29 is 9.22 Å². The number of ether oxygens (including phenoxy) is 1. The van der Waals surface area contributed by atoms with Crippen molar-refractivity contribution in [3.63, 3.8) is 0 Å². The maximum absolute atomic E-state index is 11.1. The Morgan fingerprint density at radius 1 is 1.86 bits per heavy atom. The predicted octanol–water partition coefficient (Wildman–Crippen LogP) is 0.495. The summed E-state index contributed by atoms with van der Waals surface area (Å²) in [6.07, 6.45) is -0.0370. The van der Waals surface area contributed by atoms with Crippen molar-refractivity contribution in [2.24, 2.45) is 0 Å². The zero-order valence-corrected chi connectivity index (χ0v) is 4.57. The fourth-order valence-corrected chi connectivity index (χ4v) is 0.192. The summed E-state index contributed by atoms with van der Waals surface area (Å²) in [7, 11) is 1.54. The summed E-state index contributed by atoms with van der Waals surface area (Å²) in [6, 6.07) is 0. The molecule has 0 aromatic heterocycles. The van der Waals surface area contributed by atoms with Crippen molar-refractivity contribution in [2.75, 3.05) is 13.7 Å². The number of hydrogen-bond donors (Lipinski definition) is 1. The van der Waals surface area contributed by atoms with Gasteiger partial charge < -0.3 is 4.74 Å². The highest BCUT2D eigenvalue weighted by molar-refractivity contribution is 4.45. The summed E-state index contributed by atoms with van der Waals surface area (Å²) < 4.78 is 15.8. The van der Waals surface area contributed by atoms with E-state index in [2.05, 4.69) is 4.74 Å². The number of hydrogen-bond acceptors (Lipinski definition) is 2. The van der Waals surface area contributed by atoms with Crippen LogP contribution < -0.4 is 5.54 Å². The molecule has 0 amide bonds. The standard InChI is InChI=1S/C4H10FNO/c1-4(7-2)3-6-5/h4,6H,3H2,1-2H3/t4-/m1/s1. The number of rotatable bonds is 3. The second-order valence-corrected chi connectivity index (χ2v) is 1.38. The van der Waals surface area contributed by atoms with Crippen LogP contribution in [0, 0.1) is 0 Å². The Morgan fingerprint density at radius 2 is 2.43 bits per heavy atom. The predicted molar refractivity (Wildman–Crippen MR) is 25.6 cm³/mol. The monoisotopic (exact) mass is 107 g/mol. The van der Waals surface area contributed by atoms with Gasteiger partial charge in [-0.1, -0.05) is 0 Å². The van der Waals surface area contributed by atoms with E-state index in [-0.39, 0.29) is 12.6 Å². The van der Waals surface area contributed by atoms with E-state index in [4.69, 9.17) is 0 Å². The van der Waals surface area contributed by atoms with Crippen molar-refractivity contribution in [1.82, 2.24) is 5.54 Å². The molecule has 0 saturated carbocycles. The molecular weight excluding hydrogens is 97.0 g/mol. The van der Waals surface area contributed by atoms with Crippen LogP contribution in [-0.4, -0.2) is 19.8 Å². The van der Waals surface area contributed by atoms with Crippen molar-refractivity contribution in [3.05, 3.63) is 0 Å². The Labute approximate surface area is 42.6 Å². The molecule has 0 saturated heterocycles. The molecular formula is C4H10FNO. The van der Waals surface area contributed by atoms with Crippen molar-refractivity contribution in [3.8, 4) is 0 Å². The van der Waals surface area contributed by atoms with Gasteiger partial charge >= 0.3 is 0 Å². The Hall–Kier alpha value is -0.150. The van der Waals surface area contributed by atoms with E-state index < -0.39 is 0 Å². The van der Waals surface area contributed by atoms with Crippen LogP contribution in [0.15, 0.2) is 0 Å². The number of nitrogens with one attached hydrogen (secondary N) is 1. The first-order valence-electron chi connectivity index (χ1n) is 2.17. The second-order valence-electron chi connectivity index (χ2n) is 1.38. The molecule has 2 nitrogen and oxygen atoms in total. The molecule has 7 heavy (non-hydrogen) atoms. The fraction of sp³-hybridized carbons (Fsp3) is 1.00. The lowest BCUT2D eigenvalue weighted by atomic mass is 10.4. The molecule has 0 aromatic rings. The molecule has 0 spiro atoms. The zero-order chi connectivity index (χ0) is 5.70. The first kappa shape index (κ1) is 6.85. The molecule has 0 heterocycles. The van der Waals surface area contributed by atoms with Gasteiger partial charge in [0.2, 0.25) is 0 Å². The van der Waals surface area contributed by atoms with Crippen molar-refractivity contribution in [2.45, 2.75) is 13.0 Å². The minimum absolute atomic E-state index is 0.0370. The molecule has 0 aliphatic rings. The SMILES string of the molecule is CO[C@H](C)CNF. The summed E-state index contributed by atoms with van der Waals surface area (Å²) in [4.78, 5) is 0. The van der Waals surface area contributed by atoms with Gasteiger partial charge in [0.05, 0.1) is 12.6 Å².